The van der Waals surface area contributed by atoms with E-state index in [0.29, 0.717) is 23.1 Å². The molecular formula is C26H29N3O3. The highest BCUT2D eigenvalue weighted by molar-refractivity contribution is 5.97. The molecule has 0 atom stereocenters. The molecule has 3 aromatic rings. The summed E-state index contributed by atoms with van der Waals surface area (Å²) >= 11 is 0. The summed E-state index contributed by atoms with van der Waals surface area (Å²) in [6.07, 6.45) is 7.83. The number of hydrogen-bond acceptors (Lipinski definition) is 5. The zero-order valence-electron chi connectivity index (χ0n) is 18.4. The lowest BCUT2D eigenvalue weighted by Crippen LogP contribution is -2.38. The van der Waals surface area contributed by atoms with Crippen molar-refractivity contribution in [1.29, 1.82) is 0 Å². The van der Waals surface area contributed by atoms with Gasteiger partial charge in [-0.05, 0) is 54.8 Å². The van der Waals surface area contributed by atoms with E-state index in [1.165, 1.54) is 16.3 Å². The molecule has 0 unspecified atom stereocenters. The van der Waals surface area contributed by atoms with Crippen molar-refractivity contribution < 1.29 is 14.3 Å². The molecule has 1 saturated carbocycles. The molecule has 1 amide bonds. The van der Waals surface area contributed by atoms with E-state index >= 15 is 0 Å². The van der Waals surface area contributed by atoms with Crippen LogP contribution in [0.4, 0.5) is 0 Å². The molecule has 1 aliphatic heterocycles. The largest absolute Gasteiger partial charge is 0.497 e. The number of methoxy groups -OCH3 is 1. The second-order valence-corrected chi connectivity index (χ2v) is 8.72. The number of nitrogens with one attached hydrogen (secondary N) is 1. The van der Waals surface area contributed by atoms with E-state index in [-0.39, 0.29) is 12.0 Å². The highest BCUT2D eigenvalue weighted by atomic mass is 16.5. The maximum atomic E-state index is 12.7. The highest BCUT2D eigenvalue weighted by Gasteiger charge is 2.27. The van der Waals surface area contributed by atoms with Crippen molar-refractivity contribution in [2.45, 2.75) is 44.4 Å². The normalized spacial score (nSPS) is 17.3. The number of fused-ring (bicyclic) bond motifs is 1. The van der Waals surface area contributed by atoms with Crippen LogP contribution in [0.1, 0.15) is 41.6 Å². The third-order valence-electron chi connectivity index (χ3n) is 6.34. The molecule has 2 fully saturated rings. The molecule has 1 aromatic heterocycles. The number of rotatable bonds is 7. The molecule has 5 rings (SSSR count). The van der Waals surface area contributed by atoms with Gasteiger partial charge in [0.2, 0.25) is 0 Å². The molecular weight excluding hydrogens is 402 g/mol. The average Bonchev–Trinajstić information content (AvgIpc) is 3.64. The number of pyridine rings is 1. The Kier molecular flexibility index (Phi) is 5.95. The van der Waals surface area contributed by atoms with E-state index in [2.05, 4.69) is 39.5 Å². The summed E-state index contributed by atoms with van der Waals surface area (Å²) in [7, 11) is 1.63. The number of benzene rings is 2. The third kappa shape index (κ3) is 4.70. The first-order chi connectivity index (χ1) is 15.7. The number of amides is 1. The number of nitrogens with zero attached hydrogens (tertiary/aromatic N) is 2. The predicted molar refractivity (Wildman–Crippen MR) is 124 cm³/mol. The fraction of sp³-hybridized carbons (Fsp3) is 0.385. The van der Waals surface area contributed by atoms with Crippen molar-refractivity contribution >= 4 is 16.7 Å². The first-order valence-corrected chi connectivity index (χ1v) is 11.4. The van der Waals surface area contributed by atoms with E-state index in [4.69, 9.17) is 9.47 Å². The minimum absolute atomic E-state index is 0.0620. The molecule has 1 N–H and O–H groups in total. The number of ether oxygens (including phenoxy) is 2. The van der Waals surface area contributed by atoms with Gasteiger partial charge in [0, 0.05) is 49.5 Å². The van der Waals surface area contributed by atoms with Crippen LogP contribution in [0.5, 0.6) is 11.5 Å². The summed E-state index contributed by atoms with van der Waals surface area (Å²) in [6, 6.07) is 14.3. The Morgan fingerprint density at radius 2 is 1.97 bits per heavy atom. The molecule has 0 bridgehead atoms. The Labute approximate surface area is 188 Å². The summed E-state index contributed by atoms with van der Waals surface area (Å²) in [5.74, 6) is 1.25. The topological polar surface area (TPSA) is 63.7 Å². The van der Waals surface area contributed by atoms with Crippen LogP contribution in [0, 0.1) is 0 Å². The van der Waals surface area contributed by atoms with Gasteiger partial charge in [-0.25, -0.2) is 0 Å². The Morgan fingerprint density at radius 3 is 2.75 bits per heavy atom. The molecule has 2 aliphatic rings. The van der Waals surface area contributed by atoms with Gasteiger partial charge in [0.15, 0.2) is 0 Å². The number of hydrogen-bond donors (Lipinski definition) is 1. The zero-order valence-corrected chi connectivity index (χ0v) is 18.4. The van der Waals surface area contributed by atoms with Crippen molar-refractivity contribution in [1.82, 2.24) is 15.2 Å². The molecule has 0 radical (unpaired) electrons. The smallest absolute Gasteiger partial charge is 0.255 e. The van der Waals surface area contributed by atoms with Crippen LogP contribution >= 0.6 is 0 Å². The number of piperidine rings is 1. The lowest BCUT2D eigenvalue weighted by Gasteiger charge is -2.32. The minimum atomic E-state index is -0.0620. The van der Waals surface area contributed by atoms with Gasteiger partial charge in [-0.15, -0.1) is 0 Å². The van der Waals surface area contributed by atoms with E-state index in [1.807, 2.05) is 24.5 Å². The summed E-state index contributed by atoms with van der Waals surface area (Å²) in [6.45, 7) is 2.84. The molecule has 32 heavy (non-hydrogen) atoms. The van der Waals surface area contributed by atoms with Crippen LogP contribution in [-0.2, 0) is 6.54 Å². The predicted octanol–water partition coefficient (Wildman–Crippen LogP) is 4.18. The van der Waals surface area contributed by atoms with Crippen LogP contribution in [0.15, 0.2) is 54.9 Å². The number of likely N-dealkylation sites (tertiary alicyclic amines) is 1. The lowest BCUT2D eigenvalue weighted by molar-refractivity contribution is 0.0890. The van der Waals surface area contributed by atoms with Gasteiger partial charge >= 0.3 is 0 Å². The van der Waals surface area contributed by atoms with E-state index in [9.17, 15) is 4.79 Å². The van der Waals surface area contributed by atoms with E-state index < -0.39 is 0 Å². The highest BCUT2D eigenvalue weighted by Crippen LogP contribution is 2.30. The monoisotopic (exact) mass is 431 g/mol. The standard InChI is InChI=1S/C26H29N3O3/c1-31-22-7-8-24(26(30)28-20-5-6-20)25(15-22)32-21-10-13-29(14-11-21)17-19-4-2-3-18-16-27-12-9-23(18)19/h2-4,7-9,12,15-16,20-21H,5-6,10-11,13-14,17H2,1H3,(H,28,30). The Morgan fingerprint density at radius 1 is 1.12 bits per heavy atom. The summed E-state index contributed by atoms with van der Waals surface area (Å²) < 4.78 is 11.7. The molecule has 2 heterocycles. The molecule has 2 aromatic carbocycles. The molecule has 6 heteroatoms. The van der Waals surface area contributed by atoms with Crippen LogP contribution in [0.2, 0.25) is 0 Å². The van der Waals surface area contributed by atoms with E-state index in [1.54, 1.807) is 13.2 Å². The Hall–Kier alpha value is -3.12. The Bertz CT molecular complexity index is 1100. The first-order valence-electron chi connectivity index (χ1n) is 11.4. The number of carbonyl (C=O) groups excluding carboxylic acids is 1. The third-order valence-corrected chi connectivity index (χ3v) is 6.34. The summed E-state index contributed by atoms with van der Waals surface area (Å²) in [5, 5.41) is 5.51. The number of carbonyl (C=O) groups is 1. The van der Waals surface area contributed by atoms with Crippen molar-refractivity contribution in [2.75, 3.05) is 20.2 Å². The maximum absolute atomic E-state index is 12.7. The van der Waals surface area contributed by atoms with Crippen LogP contribution in [0.3, 0.4) is 0 Å². The van der Waals surface area contributed by atoms with Crippen molar-refractivity contribution in [3.63, 3.8) is 0 Å². The lowest BCUT2D eigenvalue weighted by atomic mass is 10.0. The van der Waals surface area contributed by atoms with Crippen LogP contribution in [0.25, 0.3) is 10.8 Å². The van der Waals surface area contributed by atoms with Gasteiger partial charge in [0.1, 0.15) is 17.6 Å². The maximum Gasteiger partial charge on any atom is 0.255 e. The van der Waals surface area contributed by atoms with Gasteiger partial charge in [-0.1, -0.05) is 18.2 Å². The van der Waals surface area contributed by atoms with Crippen LogP contribution in [-0.4, -0.2) is 48.1 Å². The summed E-state index contributed by atoms with van der Waals surface area (Å²) in [5.41, 5.74) is 1.92. The van der Waals surface area contributed by atoms with Crippen molar-refractivity contribution in [3.05, 3.63) is 66.0 Å². The van der Waals surface area contributed by atoms with E-state index in [0.717, 1.165) is 45.3 Å². The van der Waals surface area contributed by atoms with Crippen LogP contribution < -0.4 is 14.8 Å². The average molecular weight is 432 g/mol. The summed E-state index contributed by atoms with van der Waals surface area (Å²) in [4.78, 5) is 19.4. The van der Waals surface area contributed by atoms with Crippen molar-refractivity contribution in [3.8, 4) is 11.5 Å². The SMILES string of the molecule is COc1ccc(C(=O)NC2CC2)c(OC2CCN(Cc3cccc4cnccc34)CC2)c1. The van der Waals surface area contributed by atoms with Gasteiger partial charge in [0.05, 0.1) is 12.7 Å². The second kappa shape index (κ2) is 9.17. The second-order valence-electron chi connectivity index (χ2n) is 8.72. The molecule has 1 aliphatic carbocycles. The number of aromatic nitrogens is 1. The minimum Gasteiger partial charge on any atom is -0.497 e. The van der Waals surface area contributed by atoms with Crippen molar-refractivity contribution in [2.24, 2.45) is 0 Å². The fourth-order valence-corrected chi connectivity index (χ4v) is 4.34. The fourth-order valence-electron chi connectivity index (χ4n) is 4.34. The molecule has 6 nitrogen and oxygen atoms in total. The Balaban J connectivity index is 1.23. The zero-order chi connectivity index (χ0) is 21.9. The van der Waals surface area contributed by atoms with Gasteiger partial charge in [-0.3, -0.25) is 14.7 Å². The first kappa shape index (κ1) is 20.8. The van der Waals surface area contributed by atoms with Gasteiger partial charge < -0.3 is 14.8 Å². The molecule has 0 spiro atoms. The van der Waals surface area contributed by atoms with Gasteiger partial charge in [0.25, 0.3) is 5.91 Å². The van der Waals surface area contributed by atoms with Gasteiger partial charge in [-0.2, -0.15) is 0 Å². The quantitative estimate of drug-likeness (QED) is 0.608. The molecule has 1 saturated heterocycles. The molecule has 166 valence electrons.